The summed E-state index contributed by atoms with van der Waals surface area (Å²) in [7, 11) is 0. The van der Waals surface area contributed by atoms with Gasteiger partial charge in [0.25, 0.3) is 0 Å². The van der Waals surface area contributed by atoms with Gasteiger partial charge in [0.1, 0.15) is 0 Å². The Bertz CT molecular complexity index is 709. The van der Waals surface area contributed by atoms with E-state index >= 15 is 0 Å². The van der Waals surface area contributed by atoms with Crippen molar-refractivity contribution in [2.75, 3.05) is 10.6 Å². The second kappa shape index (κ2) is 6.89. The Labute approximate surface area is 145 Å². The van der Waals surface area contributed by atoms with E-state index in [9.17, 15) is 0 Å². The van der Waals surface area contributed by atoms with Gasteiger partial charge in [0, 0.05) is 8.95 Å². The number of nitrogens with one attached hydrogen (secondary N) is 2. The van der Waals surface area contributed by atoms with Gasteiger partial charge in [0.2, 0.25) is 0 Å². The molecule has 2 aromatic carbocycles. The molecule has 0 atom stereocenters. The van der Waals surface area contributed by atoms with Crippen molar-refractivity contribution >= 4 is 54.9 Å². The first-order chi connectivity index (χ1) is 10.7. The Morgan fingerprint density at radius 1 is 0.591 bits per heavy atom. The minimum atomic E-state index is 0.685. The van der Waals surface area contributed by atoms with Crippen molar-refractivity contribution in [1.29, 1.82) is 0 Å². The zero-order chi connectivity index (χ0) is 15.4. The molecule has 0 saturated carbocycles. The minimum absolute atomic E-state index is 0.685. The number of rotatable bonds is 4. The van der Waals surface area contributed by atoms with Crippen molar-refractivity contribution in [3.63, 3.8) is 0 Å². The van der Waals surface area contributed by atoms with Crippen LogP contribution in [-0.2, 0) is 0 Å². The van der Waals surface area contributed by atoms with E-state index in [0.717, 1.165) is 20.3 Å². The SMILES string of the molecule is Brc1ccccc1Nc1ccc(Nc2ccccc2Br)nn1. The number of hydrogen-bond acceptors (Lipinski definition) is 4. The van der Waals surface area contributed by atoms with Crippen molar-refractivity contribution < 1.29 is 0 Å². The fraction of sp³-hybridized carbons (Fsp3) is 0. The highest BCUT2D eigenvalue weighted by atomic mass is 79.9. The third-order valence-electron chi connectivity index (χ3n) is 2.94. The lowest BCUT2D eigenvalue weighted by atomic mass is 10.3. The van der Waals surface area contributed by atoms with E-state index < -0.39 is 0 Å². The Kier molecular flexibility index (Phi) is 4.70. The van der Waals surface area contributed by atoms with E-state index in [0.29, 0.717) is 11.6 Å². The summed E-state index contributed by atoms with van der Waals surface area (Å²) in [6.45, 7) is 0. The number of benzene rings is 2. The fourth-order valence-electron chi connectivity index (χ4n) is 1.87. The molecule has 1 heterocycles. The highest BCUT2D eigenvalue weighted by Crippen LogP contribution is 2.26. The van der Waals surface area contributed by atoms with Gasteiger partial charge >= 0.3 is 0 Å². The van der Waals surface area contributed by atoms with E-state index in [1.807, 2.05) is 60.7 Å². The molecular weight excluding hydrogens is 408 g/mol. The molecule has 0 unspecified atom stereocenters. The number of para-hydroxylation sites is 2. The largest absolute Gasteiger partial charge is 0.338 e. The lowest BCUT2D eigenvalue weighted by Gasteiger charge is -2.09. The zero-order valence-corrected chi connectivity index (χ0v) is 14.6. The Morgan fingerprint density at radius 2 is 1.00 bits per heavy atom. The molecule has 3 aromatic rings. The maximum Gasteiger partial charge on any atom is 0.153 e. The standard InChI is InChI=1S/C16H12Br2N4/c17-11-5-1-3-7-13(11)19-15-9-10-16(22-21-15)20-14-8-4-2-6-12(14)18/h1-10H,(H,19,21)(H,20,22). The predicted octanol–water partition coefficient (Wildman–Crippen LogP) is 5.49. The van der Waals surface area contributed by atoms with Gasteiger partial charge < -0.3 is 10.6 Å². The number of aromatic nitrogens is 2. The molecule has 6 heteroatoms. The number of hydrogen-bond donors (Lipinski definition) is 2. The van der Waals surface area contributed by atoms with Gasteiger partial charge in [-0.05, 0) is 68.3 Å². The molecule has 0 spiro atoms. The molecule has 0 amide bonds. The Balaban J connectivity index is 1.73. The molecule has 22 heavy (non-hydrogen) atoms. The molecule has 2 N–H and O–H groups in total. The second-order valence-corrected chi connectivity index (χ2v) is 6.22. The van der Waals surface area contributed by atoms with Gasteiger partial charge in [-0.3, -0.25) is 0 Å². The molecule has 0 radical (unpaired) electrons. The summed E-state index contributed by atoms with van der Waals surface area (Å²) in [6, 6.07) is 19.5. The highest BCUT2D eigenvalue weighted by molar-refractivity contribution is 9.11. The van der Waals surface area contributed by atoms with Crippen molar-refractivity contribution in [1.82, 2.24) is 10.2 Å². The number of halogens is 2. The van der Waals surface area contributed by atoms with Crippen LogP contribution in [0.25, 0.3) is 0 Å². The third-order valence-corrected chi connectivity index (χ3v) is 4.32. The van der Waals surface area contributed by atoms with Gasteiger partial charge in [-0.2, -0.15) is 0 Å². The van der Waals surface area contributed by atoms with Crippen molar-refractivity contribution in [2.45, 2.75) is 0 Å². The zero-order valence-electron chi connectivity index (χ0n) is 11.4. The number of nitrogens with zero attached hydrogens (tertiary/aromatic N) is 2. The molecule has 0 bridgehead atoms. The van der Waals surface area contributed by atoms with Gasteiger partial charge in [-0.25, -0.2) is 0 Å². The molecule has 3 rings (SSSR count). The van der Waals surface area contributed by atoms with Crippen LogP contribution >= 0.6 is 31.9 Å². The summed E-state index contributed by atoms with van der Waals surface area (Å²) in [5.74, 6) is 1.37. The number of anilines is 4. The van der Waals surface area contributed by atoms with Crippen molar-refractivity contribution in [2.24, 2.45) is 0 Å². The summed E-state index contributed by atoms with van der Waals surface area (Å²) >= 11 is 6.98. The van der Waals surface area contributed by atoms with Crippen LogP contribution in [-0.4, -0.2) is 10.2 Å². The monoisotopic (exact) mass is 418 g/mol. The van der Waals surface area contributed by atoms with Crippen LogP contribution in [0.4, 0.5) is 23.0 Å². The van der Waals surface area contributed by atoms with Crippen LogP contribution in [0, 0.1) is 0 Å². The molecule has 0 saturated heterocycles. The quantitative estimate of drug-likeness (QED) is 0.587. The first kappa shape index (κ1) is 15.0. The molecule has 0 aliphatic carbocycles. The van der Waals surface area contributed by atoms with Crippen LogP contribution < -0.4 is 10.6 Å². The lowest BCUT2D eigenvalue weighted by molar-refractivity contribution is 1.04. The van der Waals surface area contributed by atoms with E-state index in [4.69, 9.17) is 0 Å². The van der Waals surface area contributed by atoms with Crippen LogP contribution in [0.2, 0.25) is 0 Å². The molecule has 0 aliphatic rings. The first-order valence-corrected chi connectivity index (χ1v) is 8.18. The molecule has 110 valence electrons. The predicted molar refractivity (Wildman–Crippen MR) is 96.9 cm³/mol. The van der Waals surface area contributed by atoms with Gasteiger partial charge in [0.05, 0.1) is 11.4 Å². The molecule has 0 aliphatic heterocycles. The van der Waals surface area contributed by atoms with Gasteiger partial charge in [-0.1, -0.05) is 24.3 Å². The normalized spacial score (nSPS) is 10.3. The second-order valence-electron chi connectivity index (χ2n) is 4.51. The van der Waals surface area contributed by atoms with Crippen molar-refractivity contribution in [3.8, 4) is 0 Å². The highest BCUT2D eigenvalue weighted by Gasteiger charge is 2.03. The summed E-state index contributed by atoms with van der Waals surface area (Å²) in [5.41, 5.74) is 1.90. The van der Waals surface area contributed by atoms with Crippen LogP contribution in [0.3, 0.4) is 0 Å². The first-order valence-electron chi connectivity index (χ1n) is 6.59. The molecule has 4 nitrogen and oxygen atoms in total. The van der Waals surface area contributed by atoms with Crippen LogP contribution in [0.5, 0.6) is 0 Å². The summed E-state index contributed by atoms with van der Waals surface area (Å²) < 4.78 is 1.96. The van der Waals surface area contributed by atoms with Gasteiger partial charge in [-0.15, -0.1) is 10.2 Å². The Morgan fingerprint density at radius 3 is 1.36 bits per heavy atom. The maximum atomic E-state index is 4.18. The maximum absolute atomic E-state index is 4.18. The minimum Gasteiger partial charge on any atom is -0.338 e. The topological polar surface area (TPSA) is 49.8 Å². The third kappa shape index (κ3) is 3.64. The van der Waals surface area contributed by atoms with E-state index in [1.165, 1.54) is 0 Å². The Hall–Kier alpha value is -1.92. The average Bonchev–Trinajstić information content (AvgIpc) is 2.54. The molecule has 1 aromatic heterocycles. The molecular formula is C16H12Br2N4. The average molecular weight is 420 g/mol. The summed E-state index contributed by atoms with van der Waals surface area (Å²) in [6.07, 6.45) is 0. The van der Waals surface area contributed by atoms with E-state index in [2.05, 4.69) is 52.7 Å². The smallest absolute Gasteiger partial charge is 0.153 e. The van der Waals surface area contributed by atoms with Crippen molar-refractivity contribution in [3.05, 3.63) is 69.6 Å². The lowest BCUT2D eigenvalue weighted by Crippen LogP contribution is -1.99. The van der Waals surface area contributed by atoms with Gasteiger partial charge in [0.15, 0.2) is 11.6 Å². The summed E-state index contributed by atoms with van der Waals surface area (Å²) in [5, 5.41) is 14.8. The molecule has 0 fully saturated rings. The van der Waals surface area contributed by atoms with E-state index in [-0.39, 0.29) is 0 Å². The van der Waals surface area contributed by atoms with E-state index in [1.54, 1.807) is 0 Å². The fourth-order valence-corrected chi connectivity index (χ4v) is 2.63. The van der Waals surface area contributed by atoms with Crippen LogP contribution in [0.15, 0.2) is 69.6 Å². The van der Waals surface area contributed by atoms with Crippen LogP contribution in [0.1, 0.15) is 0 Å². The summed E-state index contributed by atoms with van der Waals surface area (Å²) in [4.78, 5) is 0.